The third kappa shape index (κ3) is 6.94. The van der Waals surface area contributed by atoms with Crippen LogP contribution in [0.1, 0.15) is 26.2 Å². The molecule has 142 valence electrons. The summed E-state index contributed by atoms with van der Waals surface area (Å²) < 4.78 is 14.0. The van der Waals surface area contributed by atoms with Gasteiger partial charge in [-0.05, 0) is 19.8 Å². The summed E-state index contributed by atoms with van der Waals surface area (Å²) in [5, 5.41) is 0. The Balaban J connectivity index is 5.20. The van der Waals surface area contributed by atoms with E-state index in [0.717, 1.165) is 0 Å². The number of methoxy groups -OCH3 is 3. The highest BCUT2D eigenvalue weighted by atomic mass is 16.5. The lowest BCUT2D eigenvalue weighted by Crippen LogP contribution is -2.30. The van der Waals surface area contributed by atoms with Crippen molar-refractivity contribution in [2.24, 2.45) is 11.3 Å². The van der Waals surface area contributed by atoms with Crippen molar-refractivity contribution in [3.63, 3.8) is 0 Å². The van der Waals surface area contributed by atoms with E-state index in [1.165, 1.54) is 32.3 Å². The van der Waals surface area contributed by atoms with Gasteiger partial charge in [-0.3, -0.25) is 19.2 Å². The van der Waals surface area contributed by atoms with Crippen molar-refractivity contribution in [3.05, 3.63) is 12.2 Å². The summed E-state index contributed by atoms with van der Waals surface area (Å²) in [5.74, 6) is -3.19. The van der Waals surface area contributed by atoms with E-state index >= 15 is 0 Å². The molecule has 0 aliphatic carbocycles. The molecular weight excluding hydrogens is 330 g/mol. The number of esters is 3. The molecule has 0 N–H and O–H groups in total. The Bertz CT molecular complexity index is 511. The zero-order valence-corrected chi connectivity index (χ0v) is 15.7. The van der Waals surface area contributed by atoms with Gasteiger partial charge >= 0.3 is 17.9 Å². The number of ether oxygens (including phenoxy) is 3. The minimum Gasteiger partial charge on any atom is -0.468 e. The molecule has 8 nitrogen and oxygen atoms in total. The van der Waals surface area contributed by atoms with Gasteiger partial charge in [-0.2, -0.15) is 0 Å². The van der Waals surface area contributed by atoms with Gasteiger partial charge in [0.1, 0.15) is 0 Å². The summed E-state index contributed by atoms with van der Waals surface area (Å²) >= 11 is 0. The zero-order valence-electron chi connectivity index (χ0n) is 15.7. The third-order valence-electron chi connectivity index (χ3n) is 3.84. The fraction of sp³-hybridized carbons (Fsp3) is 0.647. The van der Waals surface area contributed by atoms with Crippen LogP contribution in [-0.2, 0) is 33.4 Å². The zero-order chi connectivity index (χ0) is 19.6. The molecule has 0 aromatic carbocycles. The van der Waals surface area contributed by atoms with Crippen LogP contribution in [0.2, 0.25) is 0 Å². The molecule has 0 saturated carbocycles. The maximum atomic E-state index is 12.1. The molecule has 0 aliphatic heterocycles. The monoisotopic (exact) mass is 357 g/mol. The van der Waals surface area contributed by atoms with E-state index in [9.17, 15) is 19.2 Å². The second kappa shape index (κ2) is 10.5. The van der Waals surface area contributed by atoms with Crippen molar-refractivity contribution < 1.29 is 33.4 Å². The van der Waals surface area contributed by atoms with Crippen molar-refractivity contribution >= 4 is 23.8 Å². The van der Waals surface area contributed by atoms with Crippen LogP contribution < -0.4 is 0 Å². The minimum absolute atomic E-state index is 0.00750. The number of hydrogen-bond acceptors (Lipinski definition) is 7. The molecular formula is C17H27NO7. The summed E-state index contributed by atoms with van der Waals surface area (Å²) in [4.78, 5) is 48.6. The Kier molecular flexibility index (Phi) is 9.48. The number of allylic oxidation sites excluding steroid dienone is 1. The van der Waals surface area contributed by atoms with Crippen LogP contribution >= 0.6 is 0 Å². The van der Waals surface area contributed by atoms with Gasteiger partial charge in [0, 0.05) is 20.5 Å². The predicted octanol–water partition coefficient (Wildman–Crippen LogP) is 0.943. The number of rotatable bonds is 9. The largest absolute Gasteiger partial charge is 0.468 e. The molecule has 8 heteroatoms. The van der Waals surface area contributed by atoms with Gasteiger partial charge in [0.2, 0.25) is 5.91 Å². The van der Waals surface area contributed by atoms with Crippen molar-refractivity contribution in [1.29, 1.82) is 0 Å². The molecule has 0 aromatic heterocycles. The van der Waals surface area contributed by atoms with E-state index in [4.69, 9.17) is 4.74 Å². The maximum absolute atomic E-state index is 12.1. The molecule has 0 rings (SSSR count). The van der Waals surface area contributed by atoms with Gasteiger partial charge in [-0.15, -0.1) is 0 Å². The average Bonchev–Trinajstić information content (AvgIpc) is 2.60. The molecule has 0 bridgehead atoms. The molecule has 0 heterocycles. The number of hydrogen-bond donors (Lipinski definition) is 0. The molecule has 0 fully saturated rings. The smallest absolute Gasteiger partial charge is 0.320 e. The molecule has 0 unspecified atom stereocenters. The van der Waals surface area contributed by atoms with Gasteiger partial charge in [-0.1, -0.05) is 12.2 Å². The second-order valence-corrected chi connectivity index (χ2v) is 5.93. The van der Waals surface area contributed by atoms with Crippen LogP contribution in [0.15, 0.2) is 12.2 Å². The van der Waals surface area contributed by atoms with Crippen LogP contribution in [0.4, 0.5) is 0 Å². The molecule has 0 spiro atoms. The quantitative estimate of drug-likeness (QED) is 0.262. The highest BCUT2D eigenvalue weighted by molar-refractivity contribution is 5.95. The van der Waals surface area contributed by atoms with E-state index in [0.29, 0.717) is 0 Å². The van der Waals surface area contributed by atoms with Crippen molar-refractivity contribution in [1.82, 2.24) is 4.90 Å². The molecule has 1 atom stereocenters. The minimum atomic E-state index is -1.11. The first-order valence-electron chi connectivity index (χ1n) is 7.74. The summed E-state index contributed by atoms with van der Waals surface area (Å²) in [5.41, 5.74) is -1.06. The fourth-order valence-electron chi connectivity index (χ4n) is 2.11. The maximum Gasteiger partial charge on any atom is 0.320 e. The van der Waals surface area contributed by atoms with Crippen molar-refractivity contribution in [2.75, 3.05) is 35.4 Å². The molecule has 0 radical (unpaired) electrons. The van der Waals surface area contributed by atoms with Crippen LogP contribution in [0, 0.1) is 11.3 Å². The van der Waals surface area contributed by atoms with E-state index in [2.05, 4.69) is 9.47 Å². The van der Waals surface area contributed by atoms with Gasteiger partial charge in [0.25, 0.3) is 0 Å². The van der Waals surface area contributed by atoms with E-state index in [1.54, 1.807) is 27.1 Å². The number of amides is 1. The topological polar surface area (TPSA) is 99.2 Å². The normalized spacial score (nSPS) is 13.2. The van der Waals surface area contributed by atoms with Crippen LogP contribution in [0.25, 0.3) is 0 Å². The second-order valence-electron chi connectivity index (χ2n) is 5.93. The first-order valence-corrected chi connectivity index (χ1v) is 7.74. The molecule has 1 amide bonds. The number of nitrogens with zero attached hydrogens (tertiary/aromatic N) is 1. The summed E-state index contributed by atoms with van der Waals surface area (Å²) in [6.45, 7) is 1.63. The Morgan fingerprint density at radius 2 is 1.52 bits per heavy atom. The van der Waals surface area contributed by atoms with Crippen molar-refractivity contribution in [3.8, 4) is 0 Å². The third-order valence-corrected chi connectivity index (χ3v) is 3.84. The predicted molar refractivity (Wildman–Crippen MR) is 89.3 cm³/mol. The lowest BCUT2D eigenvalue weighted by Gasteiger charge is -2.23. The van der Waals surface area contributed by atoms with Crippen LogP contribution in [-0.4, -0.2) is 64.1 Å². The highest BCUT2D eigenvalue weighted by Crippen LogP contribution is 2.28. The lowest BCUT2D eigenvalue weighted by molar-refractivity contribution is -0.158. The first-order chi connectivity index (χ1) is 11.6. The Hall–Kier alpha value is -2.38. The van der Waals surface area contributed by atoms with Gasteiger partial charge in [-0.25, -0.2) is 0 Å². The Labute approximate surface area is 148 Å². The Morgan fingerprint density at radius 3 is 1.92 bits per heavy atom. The Morgan fingerprint density at radius 1 is 1.00 bits per heavy atom. The van der Waals surface area contributed by atoms with E-state index < -0.39 is 29.2 Å². The lowest BCUT2D eigenvalue weighted by atomic mass is 9.84. The molecule has 0 aromatic rings. The van der Waals surface area contributed by atoms with Gasteiger partial charge in [0.15, 0.2) is 5.92 Å². The number of carbonyl (C=O) groups excluding carboxylic acids is 4. The fourth-order valence-corrected chi connectivity index (χ4v) is 2.11. The standard InChI is InChI=1S/C17H27NO7/c1-17(16(22)25-6,11-9-13(19)18(2)3)10-7-8-12(14(20)23-4)15(21)24-5/h7,10,12H,8-9,11H2,1-6H3/b10-7+/t17-/m1/s1. The average molecular weight is 357 g/mol. The van der Waals surface area contributed by atoms with E-state index in [-0.39, 0.29) is 25.2 Å². The number of carbonyl (C=O) groups is 4. The first kappa shape index (κ1) is 22.6. The van der Waals surface area contributed by atoms with E-state index in [1.807, 2.05) is 0 Å². The summed E-state index contributed by atoms with van der Waals surface area (Å²) in [6, 6.07) is 0. The van der Waals surface area contributed by atoms with Crippen LogP contribution in [0.5, 0.6) is 0 Å². The molecule has 0 saturated heterocycles. The summed E-state index contributed by atoms with van der Waals surface area (Å²) in [7, 11) is 6.87. The molecule has 25 heavy (non-hydrogen) atoms. The SMILES string of the molecule is COC(=O)C(C/C=C/[C@](C)(CCC(=O)N(C)C)C(=O)OC)C(=O)OC. The highest BCUT2D eigenvalue weighted by Gasteiger charge is 2.33. The molecule has 0 aliphatic rings. The summed E-state index contributed by atoms with van der Waals surface area (Å²) in [6.07, 6.45) is 3.46. The van der Waals surface area contributed by atoms with Gasteiger partial charge in [0.05, 0.1) is 26.7 Å². The van der Waals surface area contributed by atoms with Gasteiger partial charge < -0.3 is 19.1 Å². The van der Waals surface area contributed by atoms with Crippen LogP contribution in [0.3, 0.4) is 0 Å². The van der Waals surface area contributed by atoms with Crippen molar-refractivity contribution in [2.45, 2.75) is 26.2 Å².